The summed E-state index contributed by atoms with van der Waals surface area (Å²) < 4.78 is 1.66. The molecule has 1 aliphatic heterocycles. The van der Waals surface area contributed by atoms with Crippen LogP contribution in [0, 0.1) is 0 Å². The number of hydrogen-bond donors (Lipinski definition) is 1. The van der Waals surface area contributed by atoms with E-state index in [0.717, 1.165) is 37.6 Å². The maximum absolute atomic E-state index is 12.0. The molecule has 0 atom stereocenters. The number of nitrogens with zero attached hydrogens (tertiary/aromatic N) is 8. The van der Waals surface area contributed by atoms with Crippen molar-refractivity contribution in [2.75, 3.05) is 42.9 Å². The van der Waals surface area contributed by atoms with Crippen LogP contribution in [0.3, 0.4) is 0 Å². The number of carbonyl (C=O) groups excluding carboxylic acids is 1. The summed E-state index contributed by atoms with van der Waals surface area (Å²) in [5.74, 6) is 0.824. The first-order chi connectivity index (χ1) is 11.8. The second kappa shape index (κ2) is 6.45. The standard InChI is InChI=1S/C13H15N9OS/c23-12(16-13-18-15-9-24-13)7-20-3-5-21(6-4-20)11-2-1-10-17-14-8-22(10)19-11/h1-2,8-9H,3-7H2,(H,16,18,23). The summed E-state index contributed by atoms with van der Waals surface area (Å²) in [4.78, 5) is 16.3. The Morgan fingerprint density at radius 3 is 2.83 bits per heavy atom. The number of amides is 1. The van der Waals surface area contributed by atoms with E-state index in [-0.39, 0.29) is 5.91 Å². The zero-order valence-electron chi connectivity index (χ0n) is 12.7. The zero-order chi connectivity index (χ0) is 16.4. The third-order valence-electron chi connectivity index (χ3n) is 3.82. The molecule has 1 amide bonds. The van der Waals surface area contributed by atoms with E-state index in [1.54, 1.807) is 16.4 Å². The molecule has 1 saturated heterocycles. The summed E-state index contributed by atoms with van der Waals surface area (Å²) in [5.41, 5.74) is 2.32. The molecule has 0 saturated carbocycles. The second-order valence-electron chi connectivity index (χ2n) is 5.38. The highest BCUT2D eigenvalue weighted by Gasteiger charge is 2.20. The third-order valence-corrected chi connectivity index (χ3v) is 4.42. The molecule has 24 heavy (non-hydrogen) atoms. The van der Waals surface area contributed by atoms with Gasteiger partial charge in [0.1, 0.15) is 17.7 Å². The van der Waals surface area contributed by atoms with Gasteiger partial charge in [-0.05, 0) is 12.1 Å². The van der Waals surface area contributed by atoms with Gasteiger partial charge < -0.3 is 4.90 Å². The third kappa shape index (κ3) is 3.16. The highest BCUT2D eigenvalue weighted by atomic mass is 32.1. The molecule has 10 nitrogen and oxygen atoms in total. The normalized spacial score (nSPS) is 15.8. The van der Waals surface area contributed by atoms with Crippen LogP contribution in [0.1, 0.15) is 0 Å². The lowest BCUT2D eigenvalue weighted by Crippen LogP contribution is -2.49. The van der Waals surface area contributed by atoms with E-state index in [2.05, 4.69) is 40.6 Å². The largest absolute Gasteiger partial charge is 0.353 e. The monoisotopic (exact) mass is 345 g/mol. The van der Waals surface area contributed by atoms with E-state index in [1.165, 1.54) is 11.3 Å². The van der Waals surface area contributed by atoms with Crippen LogP contribution in [0.2, 0.25) is 0 Å². The summed E-state index contributed by atoms with van der Waals surface area (Å²) in [6.07, 6.45) is 1.59. The molecule has 1 N–H and O–H groups in total. The number of aromatic nitrogens is 6. The summed E-state index contributed by atoms with van der Waals surface area (Å²) in [6, 6.07) is 3.85. The highest BCUT2D eigenvalue weighted by Crippen LogP contribution is 2.14. The minimum absolute atomic E-state index is 0.0655. The minimum Gasteiger partial charge on any atom is -0.353 e. The van der Waals surface area contributed by atoms with Crippen LogP contribution in [0.15, 0.2) is 24.0 Å². The first-order valence-corrected chi connectivity index (χ1v) is 8.36. The van der Waals surface area contributed by atoms with Crippen molar-refractivity contribution in [2.45, 2.75) is 0 Å². The van der Waals surface area contributed by atoms with Gasteiger partial charge in [0, 0.05) is 26.2 Å². The molecule has 0 aliphatic carbocycles. The number of nitrogens with one attached hydrogen (secondary N) is 1. The Morgan fingerprint density at radius 1 is 1.17 bits per heavy atom. The van der Waals surface area contributed by atoms with Gasteiger partial charge in [0.05, 0.1) is 6.54 Å². The number of piperazine rings is 1. The lowest BCUT2D eigenvalue weighted by molar-refractivity contribution is -0.117. The fourth-order valence-corrected chi connectivity index (χ4v) is 3.07. The smallest absolute Gasteiger partial charge is 0.240 e. The maximum atomic E-state index is 12.0. The number of fused-ring (bicyclic) bond motifs is 1. The van der Waals surface area contributed by atoms with Crippen molar-refractivity contribution >= 4 is 33.8 Å². The van der Waals surface area contributed by atoms with Gasteiger partial charge in [-0.15, -0.1) is 25.5 Å². The van der Waals surface area contributed by atoms with Gasteiger partial charge in [0.15, 0.2) is 5.65 Å². The molecular weight excluding hydrogens is 330 g/mol. The molecule has 3 aromatic heterocycles. The van der Waals surface area contributed by atoms with Gasteiger partial charge in [-0.2, -0.15) is 4.52 Å². The molecule has 124 valence electrons. The molecule has 11 heteroatoms. The Labute approximate surface area is 141 Å². The average molecular weight is 345 g/mol. The summed E-state index contributed by atoms with van der Waals surface area (Å²) >= 11 is 1.31. The maximum Gasteiger partial charge on any atom is 0.240 e. The summed E-state index contributed by atoms with van der Waals surface area (Å²) in [6.45, 7) is 3.57. The Balaban J connectivity index is 1.32. The predicted molar refractivity (Wildman–Crippen MR) is 88.0 cm³/mol. The highest BCUT2D eigenvalue weighted by molar-refractivity contribution is 7.13. The van der Waals surface area contributed by atoms with Crippen molar-refractivity contribution in [1.82, 2.24) is 34.9 Å². The van der Waals surface area contributed by atoms with Crippen molar-refractivity contribution in [3.05, 3.63) is 24.0 Å². The molecule has 0 bridgehead atoms. The molecule has 0 radical (unpaired) electrons. The SMILES string of the molecule is O=C(CN1CCN(c2ccc3nncn3n2)CC1)Nc1nncs1. The van der Waals surface area contributed by atoms with Crippen LogP contribution >= 0.6 is 11.3 Å². The van der Waals surface area contributed by atoms with Crippen LogP contribution in [0.25, 0.3) is 5.65 Å². The van der Waals surface area contributed by atoms with E-state index >= 15 is 0 Å². The van der Waals surface area contributed by atoms with E-state index in [9.17, 15) is 4.79 Å². The zero-order valence-corrected chi connectivity index (χ0v) is 13.6. The molecule has 3 aromatic rings. The molecule has 4 rings (SSSR count). The van der Waals surface area contributed by atoms with Crippen LogP contribution in [0.4, 0.5) is 10.9 Å². The van der Waals surface area contributed by atoms with E-state index in [4.69, 9.17) is 0 Å². The number of hydrogen-bond acceptors (Lipinski definition) is 9. The molecule has 1 fully saturated rings. The second-order valence-corrected chi connectivity index (χ2v) is 6.21. The Hall–Kier alpha value is -2.66. The quantitative estimate of drug-likeness (QED) is 0.689. The van der Waals surface area contributed by atoms with Crippen molar-refractivity contribution < 1.29 is 4.79 Å². The van der Waals surface area contributed by atoms with Gasteiger partial charge in [-0.3, -0.25) is 15.0 Å². The molecule has 1 aliphatic rings. The molecule has 4 heterocycles. The molecule has 0 spiro atoms. The molecular formula is C13H15N9OS. The number of carbonyl (C=O) groups is 1. The van der Waals surface area contributed by atoms with E-state index in [0.29, 0.717) is 11.7 Å². The van der Waals surface area contributed by atoms with Crippen LogP contribution < -0.4 is 10.2 Å². The minimum atomic E-state index is -0.0655. The number of anilines is 2. The average Bonchev–Trinajstić information content (AvgIpc) is 3.26. The fourth-order valence-electron chi connectivity index (χ4n) is 2.61. The first kappa shape index (κ1) is 14.9. The van der Waals surface area contributed by atoms with Crippen LogP contribution in [0.5, 0.6) is 0 Å². The van der Waals surface area contributed by atoms with Crippen molar-refractivity contribution in [1.29, 1.82) is 0 Å². The van der Waals surface area contributed by atoms with Gasteiger partial charge in [-0.1, -0.05) is 11.3 Å². The van der Waals surface area contributed by atoms with Crippen LogP contribution in [-0.4, -0.2) is 73.5 Å². The molecule has 0 unspecified atom stereocenters. The number of rotatable bonds is 4. The van der Waals surface area contributed by atoms with Crippen molar-refractivity contribution in [3.63, 3.8) is 0 Å². The lowest BCUT2D eigenvalue weighted by Gasteiger charge is -2.34. The van der Waals surface area contributed by atoms with E-state index in [1.807, 2.05) is 12.1 Å². The molecule has 0 aromatic carbocycles. The van der Waals surface area contributed by atoms with Gasteiger partial charge in [0.2, 0.25) is 11.0 Å². The Kier molecular flexibility index (Phi) is 4.01. The Bertz CT molecular complexity index is 825. The fraction of sp³-hybridized carbons (Fsp3) is 0.385. The Morgan fingerprint density at radius 2 is 2.04 bits per heavy atom. The van der Waals surface area contributed by atoms with Crippen molar-refractivity contribution in [3.8, 4) is 0 Å². The summed E-state index contributed by atoms with van der Waals surface area (Å²) in [5, 5.41) is 23.1. The van der Waals surface area contributed by atoms with Gasteiger partial charge >= 0.3 is 0 Å². The van der Waals surface area contributed by atoms with Crippen molar-refractivity contribution in [2.24, 2.45) is 0 Å². The van der Waals surface area contributed by atoms with E-state index < -0.39 is 0 Å². The van der Waals surface area contributed by atoms with Crippen LogP contribution in [-0.2, 0) is 4.79 Å². The van der Waals surface area contributed by atoms with Gasteiger partial charge in [-0.25, -0.2) is 0 Å². The van der Waals surface area contributed by atoms with Gasteiger partial charge in [0.25, 0.3) is 0 Å². The lowest BCUT2D eigenvalue weighted by atomic mass is 10.3. The predicted octanol–water partition coefficient (Wildman–Crippen LogP) is -0.264. The first-order valence-electron chi connectivity index (χ1n) is 7.48. The topological polar surface area (TPSA) is 104 Å². The summed E-state index contributed by atoms with van der Waals surface area (Å²) in [7, 11) is 0.